The summed E-state index contributed by atoms with van der Waals surface area (Å²) in [6.07, 6.45) is 3.17. The van der Waals surface area contributed by atoms with Crippen LogP contribution in [0.4, 0.5) is 0 Å². The van der Waals surface area contributed by atoms with Crippen LogP contribution in [-0.4, -0.2) is 9.97 Å². The van der Waals surface area contributed by atoms with Crippen LogP contribution in [0, 0.1) is 0 Å². The number of rotatable bonds is 1. The third-order valence-corrected chi connectivity index (χ3v) is 3.40. The van der Waals surface area contributed by atoms with Gasteiger partial charge in [0.25, 0.3) is 0 Å². The lowest BCUT2D eigenvalue weighted by Gasteiger charge is -1.95. The smallest absolute Gasteiger partial charge is 0.195 e. The molecule has 94 valence electrons. The van der Waals surface area contributed by atoms with E-state index in [1.165, 1.54) is 6.20 Å². The molecule has 0 aliphatic rings. The van der Waals surface area contributed by atoms with Crippen LogP contribution < -0.4 is 5.43 Å². The van der Waals surface area contributed by atoms with Gasteiger partial charge in [-0.2, -0.15) is 0 Å². The van der Waals surface area contributed by atoms with Crippen molar-refractivity contribution < 1.29 is 0 Å². The zero-order valence-corrected chi connectivity index (χ0v) is 11.2. The molecule has 5 heteroatoms. The summed E-state index contributed by atoms with van der Waals surface area (Å²) < 4.78 is 0. The first kappa shape index (κ1) is 12.3. The fourth-order valence-corrected chi connectivity index (χ4v) is 2.29. The first-order valence-corrected chi connectivity index (χ1v) is 6.53. The Bertz CT molecular complexity index is 849. The van der Waals surface area contributed by atoms with Crippen LogP contribution in [0.2, 0.25) is 5.02 Å². The summed E-state index contributed by atoms with van der Waals surface area (Å²) in [5.74, 6) is 0.269. The number of pyridine rings is 2. The highest BCUT2D eigenvalue weighted by molar-refractivity contribution is 6.31. The zero-order valence-electron chi connectivity index (χ0n) is 9.73. The number of aromatic nitrogens is 2. The van der Waals surface area contributed by atoms with Crippen LogP contribution in [0.25, 0.3) is 21.7 Å². The Labute approximate surface area is 118 Å². The van der Waals surface area contributed by atoms with E-state index < -0.39 is 0 Å². The molecule has 0 spiro atoms. The van der Waals surface area contributed by atoms with Crippen molar-refractivity contribution in [3.8, 4) is 0 Å². The molecule has 2 aromatic heterocycles. The molecule has 0 saturated carbocycles. The van der Waals surface area contributed by atoms with Crippen molar-refractivity contribution in [3.63, 3.8) is 0 Å². The standard InChI is InChI=1S/C14H8Cl2N2O/c15-5-10-4-11-8(6-17-10)1-2-13-12(14(11)19)3-9(16)7-18-13/h1-4,6-7H,5H2. The van der Waals surface area contributed by atoms with E-state index >= 15 is 0 Å². The lowest BCUT2D eigenvalue weighted by atomic mass is 10.2. The third kappa shape index (κ3) is 2.15. The van der Waals surface area contributed by atoms with Crippen LogP contribution in [0.1, 0.15) is 5.69 Å². The maximum Gasteiger partial charge on any atom is 0.195 e. The van der Waals surface area contributed by atoms with Crippen molar-refractivity contribution in [2.75, 3.05) is 0 Å². The van der Waals surface area contributed by atoms with Gasteiger partial charge in [-0.25, -0.2) is 0 Å². The second-order valence-corrected chi connectivity index (χ2v) is 4.85. The predicted octanol–water partition coefficient (Wildman–Crippen LogP) is 3.54. The first-order chi connectivity index (χ1) is 9.19. The topological polar surface area (TPSA) is 42.9 Å². The normalized spacial score (nSPS) is 11.1. The SMILES string of the molecule is O=c1c2cc(CCl)ncc2ccc2ncc(Cl)cc12. The Hall–Kier alpha value is -1.71. The van der Waals surface area contributed by atoms with Gasteiger partial charge in [-0.15, -0.1) is 11.6 Å². The molecule has 19 heavy (non-hydrogen) atoms. The fraction of sp³-hybridized carbons (Fsp3) is 0.0714. The van der Waals surface area contributed by atoms with E-state index in [-0.39, 0.29) is 11.3 Å². The summed E-state index contributed by atoms with van der Waals surface area (Å²) in [4.78, 5) is 20.9. The van der Waals surface area contributed by atoms with E-state index in [1.807, 2.05) is 6.07 Å². The number of hydrogen-bond donors (Lipinski definition) is 0. The minimum Gasteiger partial charge on any atom is -0.289 e. The van der Waals surface area contributed by atoms with Crippen molar-refractivity contribution in [2.24, 2.45) is 0 Å². The molecule has 0 amide bonds. The molecule has 1 aromatic carbocycles. The van der Waals surface area contributed by atoms with Gasteiger partial charge in [0.1, 0.15) is 0 Å². The molecular formula is C14H8Cl2N2O. The fourth-order valence-electron chi connectivity index (χ4n) is 1.99. The van der Waals surface area contributed by atoms with Gasteiger partial charge in [-0.3, -0.25) is 14.8 Å². The summed E-state index contributed by atoms with van der Waals surface area (Å²) in [5, 5.41) is 2.27. The minimum atomic E-state index is -0.112. The minimum absolute atomic E-state index is 0.112. The van der Waals surface area contributed by atoms with Crippen LogP contribution >= 0.6 is 23.2 Å². The number of halogens is 2. The monoisotopic (exact) mass is 290 g/mol. The summed E-state index contributed by atoms with van der Waals surface area (Å²) >= 11 is 11.7. The van der Waals surface area contributed by atoms with Gasteiger partial charge in [0, 0.05) is 28.6 Å². The Morgan fingerprint density at radius 1 is 1.05 bits per heavy atom. The maximum atomic E-state index is 12.5. The van der Waals surface area contributed by atoms with Crippen molar-refractivity contribution in [3.05, 3.63) is 57.6 Å². The van der Waals surface area contributed by atoms with Crippen molar-refractivity contribution in [1.82, 2.24) is 9.97 Å². The number of fused-ring (bicyclic) bond motifs is 2. The highest BCUT2D eigenvalue weighted by Crippen LogP contribution is 2.17. The molecule has 0 radical (unpaired) electrons. The van der Waals surface area contributed by atoms with Gasteiger partial charge in [0.05, 0.1) is 22.1 Å². The molecule has 2 heterocycles. The molecule has 0 unspecified atom stereocenters. The highest BCUT2D eigenvalue weighted by Gasteiger charge is 2.05. The van der Waals surface area contributed by atoms with E-state index in [0.717, 1.165) is 5.39 Å². The molecule has 0 atom stereocenters. The largest absolute Gasteiger partial charge is 0.289 e. The van der Waals surface area contributed by atoms with E-state index in [2.05, 4.69) is 9.97 Å². The highest BCUT2D eigenvalue weighted by atomic mass is 35.5. The molecular weight excluding hydrogens is 283 g/mol. The molecule has 3 aromatic rings. The van der Waals surface area contributed by atoms with Crippen LogP contribution in [0.5, 0.6) is 0 Å². The lowest BCUT2D eigenvalue weighted by Crippen LogP contribution is -2.00. The van der Waals surface area contributed by atoms with Gasteiger partial charge < -0.3 is 0 Å². The van der Waals surface area contributed by atoms with Crippen molar-refractivity contribution in [1.29, 1.82) is 0 Å². The number of nitrogens with zero attached hydrogens (tertiary/aromatic N) is 2. The second kappa shape index (κ2) is 4.76. The number of hydrogen-bond acceptors (Lipinski definition) is 3. The quantitative estimate of drug-likeness (QED) is 0.644. The molecule has 0 bridgehead atoms. The Balaban J connectivity index is 2.55. The summed E-state index contributed by atoms with van der Waals surface area (Å²) in [6.45, 7) is 0. The Kier molecular flexibility index (Phi) is 3.09. The van der Waals surface area contributed by atoms with Gasteiger partial charge >= 0.3 is 0 Å². The van der Waals surface area contributed by atoms with E-state index in [0.29, 0.717) is 27.0 Å². The maximum absolute atomic E-state index is 12.5. The van der Waals surface area contributed by atoms with E-state index in [9.17, 15) is 4.79 Å². The van der Waals surface area contributed by atoms with E-state index in [4.69, 9.17) is 23.2 Å². The van der Waals surface area contributed by atoms with Crippen LogP contribution in [0.15, 0.2) is 41.5 Å². The van der Waals surface area contributed by atoms with Gasteiger partial charge in [0.15, 0.2) is 5.43 Å². The Morgan fingerprint density at radius 2 is 1.89 bits per heavy atom. The first-order valence-electron chi connectivity index (χ1n) is 5.62. The van der Waals surface area contributed by atoms with Gasteiger partial charge in [0.2, 0.25) is 0 Å². The summed E-state index contributed by atoms with van der Waals surface area (Å²) in [6, 6.07) is 6.96. The molecule has 0 fully saturated rings. The Morgan fingerprint density at radius 3 is 2.68 bits per heavy atom. The predicted molar refractivity (Wildman–Crippen MR) is 77.9 cm³/mol. The molecule has 0 aliphatic carbocycles. The molecule has 0 aliphatic heterocycles. The zero-order chi connectivity index (χ0) is 13.4. The summed E-state index contributed by atoms with van der Waals surface area (Å²) in [7, 11) is 0. The average Bonchev–Trinajstić information content (AvgIpc) is 2.57. The molecule has 0 saturated heterocycles. The van der Waals surface area contributed by atoms with Crippen molar-refractivity contribution in [2.45, 2.75) is 5.88 Å². The molecule has 3 rings (SSSR count). The molecule has 3 nitrogen and oxygen atoms in total. The number of alkyl halides is 1. The summed E-state index contributed by atoms with van der Waals surface area (Å²) in [5.41, 5.74) is 1.16. The van der Waals surface area contributed by atoms with Crippen molar-refractivity contribution >= 4 is 44.9 Å². The van der Waals surface area contributed by atoms with Crippen LogP contribution in [0.3, 0.4) is 0 Å². The third-order valence-electron chi connectivity index (χ3n) is 2.92. The van der Waals surface area contributed by atoms with Gasteiger partial charge in [-0.05, 0) is 18.2 Å². The van der Waals surface area contributed by atoms with Crippen LogP contribution in [-0.2, 0) is 5.88 Å². The van der Waals surface area contributed by atoms with Gasteiger partial charge in [-0.1, -0.05) is 17.7 Å². The average molecular weight is 291 g/mol. The second-order valence-electron chi connectivity index (χ2n) is 4.15. The lowest BCUT2D eigenvalue weighted by molar-refractivity contribution is 1.19. The molecule has 0 N–H and O–H groups in total. The van der Waals surface area contributed by atoms with E-state index in [1.54, 1.807) is 24.4 Å².